The SMILES string of the molecule is CCNc1ccc(NC(=O)CCc2c[nH]c3ccccc23)cn1. The molecule has 0 aliphatic carbocycles. The van der Waals surface area contributed by atoms with Gasteiger partial charge in [0.15, 0.2) is 0 Å². The molecule has 0 aliphatic heterocycles. The first kappa shape index (κ1) is 15.1. The number of nitrogens with zero attached hydrogens (tertiary/aromatic N) is 1. The van der Waals surface area contributed by atoms with Crippen LogP contribution in [0.4, 0.5) is 11.5 Å². The Labute approximate surface area is 135 Å². The molecule has 0 aliphatic rings. The monoisotopic (exact) mass is 308 g/mol. The van der Waals surface area contributed by atoms with Crippen LogP contribution in [0.3, 0.4) is 0 Å². The average Bonchev–Trinajstić information content (AvgIpc) is 2.98. The van der Waals surface area contributed by atoms with Crippen molar-refractivity contribution < 1.29 is 4.79 Å². The van der Waals surface area contributed by atoms with E-state index >= 15 is 0 Å². The number of aromatic amines is 1. The summed E-state index contributed by atoms with van der Waals surface area (Å²) in [7, 11) is 0. The molecule has 0 bridgehead atoms. The number of aryl methyl sites for hydroxylation is 1. The van der Waals surface area contributed by atoms with E-state index in [1.165, 1.54) is 5.39 Å². The third-order valence-corrected chi connectivity index (χ3v) is 3.70. The summed E-state index contributed by atoms with van der Waals surface area (Å²) in [5.41, 5.74) is 2.98. The Kier molecular flexibility index (Phi) is 4.57. The van der Waals surface area contributed by atoms with Gasteiger partial charge < -0.3 is 15.6 Å². The highest BCUT2D eigenvalue weighted by Crippen LogP contribution is 2.19. The number of anilines is 2. The van der Waals surface area contributed by atoms with E-state index in [0.717, 1.165) is 29.1 Å². The lowest BCUT2D eigenvalue weighted by Gasteiger charge is -2.06. The summed E-state index contributed by atoms with van der Waals surface area (Å²) >= 11 is 0. The van der Waals surface area contributed by atoms with E-state index in [1.807, 2.05) is 43.5 Å². The Morgan fingerprint density at radius 1 is 1.22 bits per heavy atom. The van der Waals surface area contributed by atoms with E-state index in [4.69, 9.17) is 0 Å². The molecule has 1 aromatic carbocycles. The van der Waals surface area contributed by atoms with Gasteiger partial charge in [-0.15, -0.1) is 0 Å². The summed E-state index contributed by atoms with van der Waals surface area (Å²) in [4.78, 5) is 19.6. The Balaban J connectivity index is 1.57. The van der Waals surface area contributed by atoms with Crippen molar-refractivity contribution in [3.8, 4) is 0 Å². The molecule has 3 aromatic rings. The molecule has 1 amide bonds. The zero-order valence-electron chi connectivity index (χ0n) is 13.1. The van der Waals surface area contributed by atoms with Crippen molar-refractivity contribution in [1.82, 2.24) is 9.97 Å². The van der Waals surface area contributed by atoms with Crippen molar-refractivity contribution in [2.75, 3.05) is 17.2 Å². The maximum absolute atomic E-state index is 12.1. The van der Waals surface area contributed by atoms with E-state index in [0.29, 0.717) is 12.8 Å². The quantitative estimate of drug-likeness (QED) is 0.652. The van der Waals surface area contributed by atoms with Crippen LogP contribution < -0.4 is 10.6 Å². The normalized spacial score (nSPS) is 10.7. The van der Waals surface area contributed by atoms with Crippen LogP contribution in [0.25, 0.3) is 10.9 Å². The standard InChI is InChI=1S/C18H20N4O/c1-2-19-17-9-8-14(12-21-17)22-18(23)10-7-13-11-20-16-6-4-3-5-15(13)16/h3-6,8-9,11-12,20H,2,7,10H2,1H3,(H,19,21)(H,22,23). The van der Waals surface area contributed by atoms with E-state index < -0.39 is 0 Å². The van der Waals surface area contributed by atoms with E-state index in [2.05, 4.69) is 26.7 Å². The van der Waals surface area contributed by atoms with Crippen molar-refractivity contribution in [2.24, 2.45) is 0 Å². The number of hydrogen-bond acceptors (Lipinski definition) is 3. The molecular weight excluding hydrogens is 288 g/mol. The van der Waals surface area contributed by atoms with Crippen LogP contribution in [0.15, 0.2) is 48.8 Å². The minimum atomic E-state index is -0.00622. The molecule has 0 spiro atoms. The summed E-state index contributed by atoms with van der Waals surface area (Å²) in [5.74, 6) is 0.803. The number of pyridine rings is 1. The van der Waals surface area contributed by atoms with Gasteiger partial charge in [0.1, 0.15) is 5.82 Å². The molecule has 0 saturated carbocycles. The Hall–Kier alpha value is -2.82. The van der Waals surface area contributed by atoms with Crippen LogP contribution >= 0.6 is 0 Å². The van der Waals surface area contributed by atoms with Crippen molar-refractivity contribution in [3.05, 3.63) is 54.4 Å². The third kappa shape index (κ3) is 3.69. The Morgan fingerprint density at radius 2 is 2.09 bits per heavy atom. The molecule has 3 rings (SSSR count). The second-order valence-corrected chi connectivity index (χ2v) is 5.37. The topological polar surface area (TPSA) is 69.8 Å². The van der Waals surface area contributed by atoms with Crippen LogP contribution in [-0.2, 0) is 11.2 Å². The molecule has 23 heavy (non-hydrogen) atoms. The summed E-state index contributed by atoms with van der Waals surface area (Å²) in [6.45, 7) is 2.84. The summed E-state index contributed by atoms with van der Waals surface area (Å²) < 4.78 is 0. The predicted octanol–water partition coefficient (Wildman–Crippen LogP) is 3.57. The molecule has 5 heteroatoms. The summed E-state index contributed by atoms with van der Waals surface area (Å²) in [5, 5.41) is 7.18. The second kappa shape index (κ2) is 6.96. The number of para-hydroxylation sites is 1. The molecule has 0 fully saturated rings. The van der Waals surface area contributed by atoms with Gasteiger partial charge in [0.25, 0.3) is 0 Å². The number of H-pyrrole nitrogens is 1. The Morgan fingerprint density at radius 3 is 2.87 bits per heavy atom. The first-order chi connectivity index (χ1) is 11.3. The van der Waals surface area contributed by atoms with Gasteiger partial charge in [-0.3, -0.25) is 4.79 Å². The van der Waals surface area contributed by atoms with E-state index in [1.54, 1.807) is 6.20 Å². The molecule has 2 heterocycles. The number of carbonyl (C=O) groups excluding carboxylic acids is 1. The Bertz CT molecular complexity index is 792. The maximum atomic E-state index is 12.1. The van der Waals surface area contributed by atoms with E-state index in [9.17, 15) is 4.79 Å². The molecule has 0 unspecified atom stereocenters. The van der Waals surface area contributed by atoms with Gasteiger partial charge in [-0.2, -0.15) is 0 Å². The number of nitrogens with one attached hydrogen (secondary N) is 3. The van der Waals surface area contributed by atoms with Crippen molar-refractivity contribution in [1.29, 1.82) is 0 Å². The molecule has 118 valence electrons. The zero-order chi connectivity index (χ0) is 16.1. The largest absolute Gasteiger partial charge is 0.370 e. The molecule has 0 radical (unpaired) electrons. The minimum Gasteiger partial charge on any atom is -0.370 e. The number of benzene rings is 1. The number of carbonyl (C=O) groups is 1. The maximum Gasteiger partial charge on any atom is 0.224 e. The minimum absolute atomic E-state index is 0.00622. The fraction of sp³-hybridized carbons (Fsp3) is 0.222. The van der Waals surface area contributed by atoms with Gasteiger partial charge in [0.05, 0.1) is 11.9 Å². The van der Waals surface area contributed by atoms with E-state index in [-0.39, 0.29) is 5.91 Å². The predicted molar refractivity (Wildman–Crippen MR) is 93.7 cm³/mol. The first-order valence-corrected chi connectivity index (χ1v) is 7.81. The fourth-order valence-electron chi connectivity index (χ4n) is 2.56. The fourth-order valence-corrected chi connectivity index (χ4v) is 2.56. The number of hydrogen-bond donors (Lipinski definition) is 3. The van der Waals surface area contributed by atoms with Gasteiger partial charge >= 0.3 is 0 Å². The lowest BCUT2D eigenvalue weighted by Crippen LogP contribution is -2.12. The van der Waals surface area contributed by atoms with Crippen molar-refractivity contribution >= 4 is 28.3 Å². The molecule has 0 saturated heterocycles. The van der Waals surface area contributed by atoms with Crippen LogP contribution in [-0.4, -0.2) is 22.4 Å². The van der Waals surface area contributed by atoms with Crippen molar-refractivity contribution in [2.45, 2.75) is 19.8 Å². The highest BCUT2D eigenvalue weighted by atomic mass is 16.1. The number of amides is 1. The first-order valence-electron chi connectivity index (χ1n) is 7.81. The summed E-state index contributed by atoms with van der Waals surface area (Å²) in [6.07, 6.45) is 4.79. The number of aromatic nitrogens is 2. The van der Waals surface area contributed by atoms with Gasteiger partial charge in [-0.1, -0.05) is 18.2 Å². The van der Waals surface area contributed by atoms with Gasteiger partial charge in [-0.25, -0.2) is 4.98 Å². The van der Waals surface area contributed by atoms with Gasteiger partial charge in [0, 0.05) is 30.1 Å². The lowest BCUT2D eigenvalue weighted by atomic mass is 10.1. The molecule has 2 aromatic heterocycles. The smallest absolute Gasteiger partial charge is 0.224 e. The molecule has 5 nitrogen and oxygen atoms in total. The number of rotatable bonds is 6. The van der Waals surface area contributed by atoms with Crippen LogP contribution in [0.1, 0.15) is 18.9 Å². The van der Waals surface area contributed by atoms with Crippen LogP contribution in [0, 0.1) is 0 Å². The highest BCUT2D eigenvalue weighted by molar-refractivity contribution is 5.91. The van der Waals surface area contributed by atoms with Gasteiger partial charge in [0.2, 0.25) is 5.91 Å². The molecular formula is C18H20N4O. The zero-order valence-corrected chi connectivity index (χ0v) is 13.1. The second-order valence-electron chi connectivity index (χ2n) is 5.37. The number of fused-ring (bicyclic) bond motifs is 1. The molecule has 0 atom stereocenters. The average molecular weight is 308 g/mol. The van der Waals surface area contributed by atoms with Crippen LogP contribution in [0.2, 0.25) is 0 Å². The lowest BCUT2D eigenvalue weighted by molar-refractivity contribution is -0.116. The highest BCUT2D eigenvalue weighted by Gasteiger charge is 2.07. The van der Waals surface area contributed by atoms with Crippen LogP contribution in [0.5, 0.6) is 0 Å². The van der Waals surface area contributed by atoms with Crippen molar-refractivity contribution in [3.63, 3.8) is 0 Å². The van der Waals surface area contributed by atoms with Gasteiger partial charge in [-0.05, 0) is 37.1 Å². The molecule has 3 N–H and O–H groups in total. The third-order valence-electron chi connectivity index (χ3n) is 3.70. The summed E-state index contributed by atoms with van der Waals surface area (Å²) in [6, 6.07) is 11.8.